The molecule has 1 heterocycles. The van der Waals surface area contributed by atoms with E-state index < -0.39 is 0 Å². The summed E-state index contributed by atoms with van der Waals surface area (Å²) in [5.74, 6) is 0.747. The molecule has 2 rings (SSSR count). The number of methoxy groups -OCH3 is 1. The lowest BCUT2D eigenvalue weighted by molar-refractivity contribution is -0.118. The van der Waals surface area contributed by atoms with Gasteiger partial charge < -0.3 is 15.0 Å². The molecular formula is C13H16N2O2S. The standard InChI is InChI=1S/C13H16N2O2S/c1-8(16)14-4-3-9-7-15-11-6-13(18)12(17-2)5-10(9)11/h5-7,15,18H,3-4H2,1-2H3,(H,14,16). The summed E-state index contributed by atoms with van der Waals surface area (Å²) in [6.07, 6.45) is 2.74. The Balaban J connectivity index is 2.26. The average molecular weight is 264 g/mol. The van der Waals surface area contributed by atoms with Gasteiger partial charge in [0, 0.05) is 35.5 Å². The van der Waals surface area contributed by atoms with Gasteiger partial charge in [0.15, 0.2) is 0 Å². The van der Waals surface area contributed by atoms with Gasteiger partial charge in [-0.15, -0.1) is 12.6 Å². The highest BCUT2D eigenvalue weighted by Crippen LogP contribution is 2.30. The molecule has 0 aliphatic carbocycles. The molecule has 2 aromatic rings. The summed E-state index contributed by atoms with van der Waals surface area (Å²) in [5.41, 5.74) is 2.18. The van der Waals surface area contributed by atoms with Crippen molar-refractivity contribution in [3.05, 3.63) is 23.9 Å². The van der Waals surface area contributed by atoms with E-state index in [1.54, 1.807) is 7.11 Å². The van der Waals surface area contributed by atoms with Crippen molar-refractivity contribution in [3.8, 4) is 5.75 Å². The third kappa shape index (κ3) is 2.61. The van der Waals surface area contributed by atoms with Crippen molar-refractivity contribution >= 4 is 29.4 Å². The van der Waals surface area contributed by atoms with Crippen molar-refractivity contribution in [1.29, 1.82) is 0 Å². The second-order valence-corrected chi connectivity index (χ2v) is 4.60. The summed E-state index contributed by atoms with van der Waals surface area (Å²) >= 11 is 4.36. The molecule has 0 aliphatic rings. The van der Waals surface area contributed by atoms with Crippen LogP contribution in [-0.2, 0) is 11.2 Å². The average Bonchev–Trinajstić information content (AvgIpc) is 2.70. The van der Waals surface area contributed by atoms with Crippen molar-refractivity contribution in [3.63, 3.8) is 0 Å². The zero-order valence-electron chi connectivity index (χ0n) is 10.4. The molecule has 0 aliphatic heterocycles. The molecule has 0 spiro atoms. The highest BCUT2D eigenvalue weighted by molar-refractivity contribution is 7.80. The first-order valence-corrected chi connectivity index (χ1v) is 6.18. The van der Waals surface area contributed by atoms with Gasteiger partial charge in [0.2, 0.25) is 5.91 Å². The number of nitrogens with one attached hydrogen (secondary N) is 2. The summed E-state index contributed by atoms with van der Waals surface area (Å²) in [7, 11) is 1.63. The molecule has 1 aromatic heterocycles. The molecule has 1 aromatic carbocycles. The second-order valence-electron chi connectivity index (χ2n) is 4.12. The maximum Gasteiger partial charge on any atom is 0.216 e. The molecule has 0 unspecified atom stereocenters. The van der Waals surface area contributed by atoms with Crippen LogP contribution in [0.1, 0.15) is 12.5 Å². The number of ether oxygens (including phenoxy) is 1. The number of carbonyl (C=O) groups is 1. The van der Waals surface area contributed by atoms with E-state index in [1.165, 1.54) is 6.92 Å². The lowest BCUT2D eigenvalue weighted by Gasteiger charge is -2.05. The Kier molecular flexibility index (Phi) is 3.81. The molecule has 0 bridgehead atoms. The summed E-state index contributed by atoms with van der Waals surface area (Å²) in [6.45, 7) is 2.15. The quantitative estimate of drug-likeness (QED) is 0.741. The molecule has 0 fully saturated rings. The zero-order valence-corrected chi connectivity index (χ0v) is 11.3. The smallest absolute Gasteiger partial charge is 0.216 e. The van der Waals surface area contributed by atoms with Crippen LogP contribution in [0.2, 0.25) is 0 Å². The fraction of sp³-hybridized carbons (Fsp3) is 0.308. The Labute approximate surface area is 111 Å². The van der Waals surface area contributed by atoms with Gasteiger partial charge in [-0.1, -0.05) is 0 Å². The zero-order chi connectivity index (χ0) is 13.1. The first kappa shape index (κ1) is 12.8. The van der Waals surface area contributed by atoms with E-state index in [0.717, 1.165) is 33.5 Å². The fourth-order valence-electron chi connectivity index (χ4n) is 1.94. The van der Waals surface area contributed by atoms with Crippen LogP contribution in [0, 0.1) is 0 Å². The number of benzene rings is 1. The molecule has 4 nitrogen and oxygen atoms in total. The summed E-state index contributed by atoms with van der Waals surface area (Å²) in [4.78, 5) is 14.8. The number of carbonyl (C=O) groups excluding carboxylic acids is 1. The normalized spacial score (nSPS) is 10.6. The number of rotatable bonds is 4. The fourth-order valence-corrected chi connectivity index (χ4v) is 2.22. The topological polar surface area (TPSA) is 54.1 Å². The van der Waals surface area contributed by atoms with Crippen molar-refractivity contribution in [1.82, 2.24) is 10.3 Å². The highest BCUT2D eigenvalue weighted by Gasteiger charge is 2.08. The van der Waals surface area contributed by atoms with Crippen LogP contribution in [0.5, 0.6) is 5.75 Å². The minimum atomic E-state index is -0.00920. The van der Waals surface area contributed by atoms with Gasteiger partial charge >= 0.3 is 0 Å². The number of fused-ring (bicyclic) bond motifs is 1. The summed E-state index contributed by atoms with van der Waals surface area (Å²) in [5, 5.41) is 3.90. The van der Waals surface area contributed by atoms with Crippen LogP contribution in [0.3, 0.4) is 0 Å². The molecule has 0 atom stereocenters. The number of aromatic nitrogens is 1. The first-order valence-electron chi connectivity index (χ1n) is 5.73. The van der Waals surface area contributed by atoms with Crippen LogP contribution in [-0.4, -0.2) is 24.5 Å². The Morgan fingerprint density at radius 3 is 2.94 bits per heavy atom. The predicted molar refractivity (Wildman–Crippen MR) is 74.5 cm³/mol. The predicted octanol–water partition coefficient (Wildman–Crippen LogP) is 2.14. The van der Waals surface area contributed by atoms with Crippen molar-refractivity contribution in [2.75, 3.05) is 13.7 Å². The number of amides is 1. The lowest BCUT2D eigenvalue weighted by Crippen LogP contribution is -2.22. The van der Waals surface area contributed by atoms with E-state index in [9.17, 15) is 4.79 Å². The Bertz CT molecular complexity index is 578. The molecule has 0 saturated carbocycles. The van der Waals surface area contributed by atoms with Crippen LogP contribution in [0.25, 0.3) is 10.9 Å². The van der Waals surface area contributed by atoms with E-state index in [0.29, 0.717) is 6.54 Å². The molecule has 0 radical (unpaired) electrons. The SMILES string of the molecule is COc1cc2c(CCNC(C)=O)c[nH]c2cc1S. The summed E-state index contributed by atoms with van der Waals surface area (Å²) in [6, 6.07) is 3.91. The maximum atomic E-state index is 10.8. The first-order chi connectivity index (χ1) is 8.61. The van der Waals surface area contributed by atoms with Crippen molar-refractivity contribution in [2.45, 2.75) is 18.2 Å². The Morgan fingerprint density at radius 2 is 2.28 bits per heavy atom. The monoisotopic (exact) mass is 264 g/mol. The second kappa shape index (κ2) is 5.35. The van der Waals surface area contributed by atoms with Gasteiger partial charge in [0.25, 0.3) is 0 Å². The number of H-pyrrole nitrogens is 1. The number of hydrogen-bond donors (Lipinski definition) is 3. The van der Waals surface area contributed by atoms with Crippen molar-refractivity contribution in [2.24, 2.45) is 0 Å². The van der Waals surface area contributed by atoms with Gasteiger partial charge in [0.1, 0.15) is 5.75 Å². The van der Waals surface area contributed by atoms with Gasteiger partial charge in [-0.3, -0.25) is 4.79 Å². The molecule has 0 saturated heterocycles. The lowest BCUT2D eigenvalue weighted by atomic mass is 10.1. The summed E-state index contributed by atoms with van der Waals surface area (Å²) < 4.78 is 5.26. The number of aromatic amines is 1. The third-order valence-corrected chi connectivity index (χ3v) is 3.18. The van der Waals surface area contributed by atoms with E-state index in [-0.39, 0.29) is 5.91 Å². The minimum absolute atomic E-state index is 0.00920. The van der Waals surface area contributed by atoms with E-state index >= 15 is 0 Å². The molecular weight excluding hydrogens is 248 g/mol. The molecule has 1 amide bonds. The molecule has 18 heavy (non-hydrogen) atoms. The van der Waals surface area contributed by atoms with E-state index in [4.69, 9.17) is 4.74 Å². The van der Waals surface area contributed by atoms with Crippen LogP contribution in [0.15, 0.2) is 23.2 Å². The largest absolute Gasteiger partial charge is 0.496 e. The van der Waals surface area contributed by atoms with E-state index in [1.807, 2.05) is 18.3 Å². The Hall–Kier alpha value is -1.62. The van der Waals surface area contributed by atoms with Gasteiger partial charge in [-0.05, 0) is 24.1 Å². The Morgan fingerprint density at radius 1 is 1.50 bits per heavy atom. The van der Waals surface area contributed by atoms with Gasteiger partial charge in [-0.2, -0.15) is 0 Å². The number of hydrogen-bond acceptors (Lipinski definition) is 3. The van der Waals surface area contributed by atoms with Gasteiger partial charge in [-0.25, -0.2) is 0 Å². The third-order valence-electron chi connectivity index (χ3n) is 2.84. The van der Waals surface area contributed by atoms with Gasteiger partial charge in [0.05, 0.1) is 7.11 Å². The van der Waals surface area contributed by atoms with E-state index in [2.05, 4.69) is 22.9 Å². The maximum absolute atomic E-state index is 10.8. The molecule has 96 valence electrons. The highest BCUT2D eigenvalue weighted by atomic mass is 32.1. The van der Waals surface area contributed by atoms with Crippen molar-refractivity contribution < 1.29 is 9.53 Å². The van der Waals surface area contributed by atoms with Crippen LogP contribution in [0.4, 0.5) is 0 Å². The minimum Gasteiger partial charge on any atom is -0.496 e. The molecule has 5 heteroatoms. The van der Waals surface area contributed by atoms with Crippen LogP contribution < -0.4 is 10.1 Å². The number of thiol groups is 1. The molecule has 2 N–H and O–H groups in total. The van der Waals surface area contributed by atoms with Crippen LogP contribution >= 0.6 is 12.6 Å².